The number of fused-ring (bicyclic) bond motifs is 2. The number of aromatic amines is 1. The van der Waals surface area contributed by atoms with Crippen LogP contribution in [0.1, 0.15) is 26.1 Å². The molecule has 0 aliphatic heterocycles. The first-order valence-corrected chi connectivity index (χ1v) is 9.70. The maximum Gasteiger partial charge on any atom is 0.258 e. The van der Waals surface area contributed by atoms with Crippen molar-refractivity contribution >= 4 is 27.8 Å². The lowest BCUT2D eigenvalue weighted by molar-refractivity contribution is -0.133. The highest BCUT2D eigenvalue weighted by atomic mass is 16.2. The van der Waals surface area contributed by atoms with Crippen molar-refractivity contribution in [3.63, 3.8) is 0 Å². The number of aromatic nitrogens is 4. The summed E-state index contributed by atoms with van der Waals surface area (Å²) < 4.78 is 1.99. The Kier molecular flexibility index (Phi) is 5.12. The predicted octanol–water partition coefficient (Wildman–Crippen LogP) is 3.10. The molecular formula is C22H23N5O2. The quantitative estimate of drug-likeness (QED) is 0.549. The molecule has 7 nitrogen and oxygen atoms in total. The van der Waals surface area contributed by atoms with Gasteiger partial charge in [-0.1, -0.05) is 24.3 Å². The second-order valence-corrected chi connectivity index (χ2v) is 7.32. The van der Waals surface area contributed by atoms with E-state index < -0.39 is 0 Å². The fourth-order valence-corrected chi connectivity index (χ4v) is 3.48. The first-order chi connectivity index (χ1) is 14.0. The van der Waals surface area contributed by atoms with Gasteiger partial charge < -0.3 is 14.5 Å². The molecule has 0 aliphatic rings. The number of amides is 1. The molecule has 4 rings (SSSR count). The van der Waals surface area contributed by atoms with Crippen LogP contribution in [0.15, 0.2) is 59.7 Å². The van der Waals surface area contributed by atoms with Crippen molar-refractivity contribution < 1.29 is 4.79 Å². The van der Waals surface area contributed by atoms with Crippen LogP contribution in [0.2, 0.25) is 0 Å². The third-order valence-corrected chi connectivity index (χ3v) is 5.02. The van der Waals surface area contributed by atoms with Gasteiger partial charge in [0, 0.05) is 19.0 Å². The van der Waals surface area contributed by atoms with E-state index in [0.29, 0.717) is 29.7 Å². The summed E-state index contributed by atoms with van der Waals surface area (Å²) >= 11 is 0. The molecule has 0 bridgehead atoms. The maximum absolute atomic E-state index is 12.9. The van der Waals surface area contributed by atoms with E-state index in [1.54, 1.807) is 23.4 Å². The Balaban J connectivity index is 1.51. The van der Waals surface area contributed by atoms with Crippen molar-refractivity contribution in [2.24, 2.45) is 0 Å². The molecule has 0 atom stereocenters. The van der Waals surface area contributed by atoms with Gasteiger partial charge in [-0.3, -0.25) is 9.59 Å². The van der Waals surface area contributed by atoms with Gasteiger partial charge in [-0.15, -0.1) is 0 Å². The smallest absolute Gasteiger partial charge is 0.258 e. The van der Waals surface area contributed by atoms with Crippen molar-refractivity contribution in [1.82, 2.24) is 24.4 Å². The molecule has 0 radical (unpaired) electrons. The number of aryl methyl sites for hydroxylation is 1. The van der Waals surface area contributed by atoms with Crippen LogP contribution in [0, 0.1) is 0 Å². The molecule has 0 spiro atoms. The monoisotopic (exact) mass is 389 g/mol. The Bertz CT molecular complexity index is 1220. The van der Waals surface area contributed by atoms with Crippen LogP contribution in [0.3, 0.4) is 0 Å². The molecule has 0 saturated carbocycles. The Morgan fingerprint density at radius 3 is 2.62 bits per heavy atom. The summed E-state index contributed by atoms with van der Waals surface area (Å²) in [6.45, 7) is 4.73. The first kappa shape index (κ1) is 18.9. The van der Waals surface area contributed by atoms with Gasteiger partial charge >= 0.3 is 0 Å². The largest absolute Gasteiger partial charge is 0.333 e. The summed E-state index contributed by atoms with van der Waals surface area (Å²) in [6, 6.07) is 15.0. The van der Waals surface area contributed by atoms with Crippen LogP contribution >= 0.6 is 0 Å². The van der Waals surface area contributed by atoms with Crippen LogP contribution in [0.4, 0.5) is 0 Å². The average molecular weight is 389 g/mol. The summed E-state index contributed by atoms with van der Waals surface area (Å²) in [5.74, 6) is 0.498. The highest BCUT2D eigenvalue weighted by Gasteiger charge is 2.19. The summed E-state index contributed by atoms with van der Waals surface area (Å²) in [4.78, 5) is 38.7. The number of imidazole rings is 1. The lowest BCUT2D eigenvalue weighted by Gasteiger charge is -2.26. The highest BCUT2D eigenvalue weighted by Crippen LogP contribution is 2.14. The van der Waals surface area contributed by atoms with E-state index in [1.165, 1.54) is 0 Å². The number of carbonyl (C=O) groups excluding carboxylic acids is 1. The number of para-hydroxylation sites is 3. The summed E-state index contributed by atoms with van der Waals surface area (Å²) in [6.07, 6.45) is 2.11. The zero-order valence-electron chi connectivity index (χ0n) is 16.5. The minimum absolute atomic E-state index is 0.00795. The lowest BCUT2D eigenvalue weighted by Crippen LogP contribution is -2.37. The van der Waals surface area contributed by atoms with E-state index in [9.17, 15) is 9.59 Å². The number of rotatable bonds is 6. The van der Waals surface area contributed by atoms with Crippen molar-refractivity contribution in [3.05, 3.63) is 71.0 Å². The first-order valence-electron chi connectivity index (χ1n) is 9.70. The number of hydrogen-bond acceptors (Lipinski definition) is 4. The Hall–Kier alpha value is -3.48. The number of hydrogen-bond donors (Lipinski definition) is 1. The van der Waals surface area contributed by atoms with Crippen LogP contribution in [0.5, 0.6) is 0 Å². The van der Waals surface area contributed by atoms with E-state index in [4.69, 9.17) is 0 Å². The molecule has 0 saturated heterocycles. The van der Waals surface area contributed by atoms with Crippen LogP contribution in [-0.4, -0.2) is 36.4 Å². The molecule has 2 aromatic heterocycles. The molecule has 29 heavy (non-hydrogen) atoms. The summed E-state index contributed by atoms with van der Waals surface area (Å²) in [5.41, 5.74) is 2.37. The van der Waals surface area contributed by atoms with Crippen molar-refractivity contribution in [2.75, 3.05) is 0 Å². The van der Waals surface area contributed by atoms with Gasteiger partial charge in [-0.05, 0) is 38.1 Å². The third kappa shape index (κ3) is 3.89. The fourth-order valence-electron chi connectivity index (χ4n) is 3.48. The minimum Gasteiger partial charge on any atom is -0.333 e. The molecule has 2 aromatic carbocycles. The van der Waals surface area contributed by atoms with E-state index in [1.807, 2.05) is 54.8 Å². The van der Waals surface area contributed by atoms with Crippen LogP contribution in [-0.2, 0) is 17.9 Å². The Labute approximate surface area is 168 Å². The molecule has 0 unspecified atom stereocenters. The van der Waals surface area contributed by atoms with Crippen molar-refractivity contribution in [3.8, 4) is 0 Å². The van der Waals surface area contributed by atoms with Crippen molar-refractivity contribution in [1.29, 1.82) is 0 Å². The SMILES string of the molecule is CC(C)N(Cc1nc2ccccc2c(=O)[nH]1)C(=O)CCn1cnc2ccccc21. The average Bonchev–Trinajstić information content (AvgIpc) is 3.13. The molecule has 7 heteroatoms. The fraction of sp³-hybridized carbons (Fsp3) is 0.273. The maximum atomic E-state index is 12.9. The number of nitrogens with one attached hydrogen (secondary N) is 1. The zero-order chi connectivity index (χ0) is 20.4. The standard InChI is InChI=1S/C22H23N5O2/c1-15(2)27(13-20-24-17-8-4-3-7-16(17)22(29)25-20)21(28)11-12-26-14-23-18-9-5-6-10-19(18)26/h3-10,14-15H,11-13H2,1-2H3,(H,24,25,29). The Morgan fingerprint density at radius 1 is 1.10 bits per heavy atom. The van der Waals surface area contributed by atoms with Gasteiger partial charge in [0.15, 0.2) is 0 Å². The normalized spacial score (nSPS) is 11.4. The molecule has 4 aromatic rings. The Morgan fingerprint density at radius 2 is 1.83 bits per heavy atom. The van der Waals surface area contributed by atoms with Crippen molar-refractivity contribution in [2.45, 2.75) is 39.4 Å². The molecule has 2 heterocycles. The van der Waals surface area contributed by atoms with Gasteiger partial charge in [0.2, 0.25) is 5.91 Å². The van der Waals surface area contributed by atoms with Gasteiger partial charge in [-0.25, -0.2) is 9.97 Å². The van der Waals surface area contributed by atoms with E-state index >= 15 is 0 Å². The molecule has 148 valence electrons. The number of carbonyl (C=O) groups is 1. The molecular weight excluding hydrogens is 366 g/mol. The number of nitrogens with zero attached hydrogens (tertiary/aromatic N) is 4. The second-order valence-electron chi connectivity index (χ2n) is 7.32. The predicted molar refractivity (Wildman–Crippen MR) is 112 cm³/mol. The third-order valence-electron chi connectivity index (χ3n) is 5.02. The minimum atomic E-state index is -0.188. The van der Waals surface area contributed by atoms with Gasteiger partial charge in [0.1, 0.15) is 5.82 Å². The topological polar surface area (TPSA) is 83.9 Å². The van der Waals surface area contributed by atoms with E-state index in [-0.39, 0.29) is 24.1 Å². The summed E-state index contributed by atoms with van der Waals surface area (Å²) in [7, 11) is 0. The van der Waals surface area contributed by atoms with E-state index in [0.717, 1.165) is 11.0 Å². The summed E-state index contributed by atoms with van der Waals surface area (Å²) in [5, 5.41) is 0.547. The highest BCUT2D eigenvalue weighted by molar-refractivity contribution is 5.79. The number of benzene rings is 2. The second kappa shape index (κ2) is 7.87. The number of H-pyrrole nitrogens is 1. The van der Waals surface area contributed by atoms with Gasteiger partial charge in [0.05, 0.1) is 34.8 Å². The molecule has 0 aliphatic carbocycles. The van der Waals surface area contributed by atoms with Gasteiger partial charge in [0.25, 0.3) is 5.56 Å². The van der Waals surface area contributed by atoms with Gasteiger partial charge in [-0.2, -0.15) is 0 Å². The van der Waals surface area contributed by atoms with Crippen LogP contribution < -0.4 is 5.56 Å². The van der Waals surface area contributed by atoms with E-state index in [2.05, 4.69) is 15.0 Å². The lowest BCUT2D eigenvalue weighted by atomic mass is 10.2. The molecule has 1 amide bonds. The van der Waals surface area contributed by atoms with Crippen LogP contribution in [0.25, 0.3) is 21.9 Å². The zero-order valence-corrected chi connectivity index (χ0v) is 16.5. The molecule has 0 fully saturated rings. The molecule has 1 N–H and O–H groups in total.